The fourth-order valence-electron chi connectivity index (χ4n) is 1.72. The van der Waals surface area contributed by atoms with Crippen LogP contribution in [0.15, 0.2) is 34.0 Å². The highest BCUT2D eigenvalue weighted by Crippen LogP contribution is 2.34. The first-order valence-electron chi connectivity index (χ1n) is 9.02. The normalized spacial score (nSPS) is 12.9. The molecule has 1 rings (SSSR count). The molecule has 0 saturated heterocycles. The standard InChI is InChI=1S/C19H27N2O7P/c1-18(2,3)14(23)27-17(28-15(24)19(4,5)6)29(26)12-8-7-10-21-11-9-13(22)20-16(21)25/h7-9,11,17H,10,12H2,1-6H3/p+1/b8-7-. The van der Waals surface area contributed by atoms with Crippen molar-refractivity contribution in [2.75, 3.05) is 6.16 Å². The van der Waals surface area contributed by atoms with E-state index in [1.165, 1.54) is 22.9 Å². The molecule has 1 atom stereocenters. The number of nitrogens with one attached hydrogen (secondary N) is 1. The van der Waals surface area contributed by atoms with E-state index in [9.17, 15) is 23.7 Å². The number of hydrogen-bond donors (Lipinski definition) is 1. The van der Waals surface area contributed by atoms with Gasteiger partial charge in [-0.15, -0.1) is 0 Å². The third-order valence-electron chi connectivity index (χ3n) is 3.53. The molecule has 29 heavy (non-hydrogen) atoms. The van der Waals surface area contributed by atoms with Gasteiger partial charge in [-0.2, -0.15) is 0 Å². The molecule has 0 saturated carbocycles. The summed E-state index contributed by atoms with van der Waals surface area (Å²) >= 11 is 0. The molecule has 10 heteroatoms. The van der Waals surface area contributed by atoms with Gasteiger partial charge in [0.1, 0.15) is 0 Å². The number of rotatable bonds is 7. The Balaban J connectivity index is 2.84. The van der Waals surface area contributed by atoms with E-state index in [1.807, 2.05) is 0 Å². The van der Waals surface area contributed by atoms with E-state index in [1.54, 1.807) is 47.6 Å². The quantitative estimate of drug-likeness (QED) is 0.307. The Morgan fingerprint density at radius 3 is 2.03 bits per heavy atom. The Hall–Kier alpha value is -2.54. The average Bonchev–Trinajstić information content (AvgIpc) is 2.57. The third kappa shape index (κ3) is 8.15. The van der Waals surface area contributed by atoms with E-state index < -0.39 is 47.8 Å². The van der Waals surface area contributed by atoms with Crippen molar-refractivity contribution in [3.05, 3.63) is 45.3 Å². The number of carbonyl (C=O) groups is 2. The largest absolute Gasteiger partial charge is 0.451 e. The average molecular weight is 427 g/mol. The van der Waals surface area contributed by atoms with Gasteiger partial charge in [0.25, 0.3) is 5.56 Å². The Morgan fingerprint density at radius 1 is 1.07 bits per heavy atom. The molecule has 160 valence electrons. The summed E-state index contributed by atoms with van der Waals surface area (Å²) in [4.78, 5) is 49.1. The first-order valence-corrected chi connectivity index (χ1v) is 10.5. The number of esters is 2. The molecule has 1 N–H and O–H groups in total. The molecule has 0 amide bonds. The maximum atomic E-state index is 12.6. The number of aromatic nitrogens is 2. The van der Waals surface area contributed by atoms with Crippen LogP contribution in [0, 0.1) is 10.8 Å². The molecule has 0 aliphatic rings. The highest BCUT2D eigenvalue weighted by atomic mass is 31.1. The van der Waals surface area contributed by atoms with Crippen LogP contribution in [0.4, 0.5) is 0 Å². The second-order valence-corrected chi connectivity index (χ2v) is 10.1. The van der Waals surface area contributed by atoms with Gasteiger partial charge < -0.3 is 9.47 Å². The number of hydrogen-bond acceptors (Lipinski definition) is 7. The summed E-state index contributed by atoms with van der Waals surface area (Å²) in [7, 11) is -2.26. The van der Waals surface area contributed by atoms with Gasteiger partial charge in [0.2, 0.25) is 0 Å². The summed E-state index contributed by atoms with van der Waals surface area (Å²) in [5.74, 6) is -1.28. The van der Waals surface area contributed by atoms with Crippen molar-refractivity contribution in [1.82, 2.24) is 9.55 Å². The first-order chi connectivity index (χ1) is 13.2. The van der Waals surface area contributed by atoms with Crippen molar-refractivity contribution in [3.63, 3.8) is 0 Å². The minimum Gasteiger partial charge on any atom is -0.384 e. The van der Waals surface area contributed by atoms with Gasteiger partial charge in [-0.05, 0) is 47.6 Å². The number of aromatic amines is 1. The molecule has 0 fully saturated rings. The summed E-state index contributed by atoms with van der Waals surface area (Å²) in [5.41, 5.74) is -2.78. The predicted octanol–water partition coefficient (Wildman–Crippen LogP) is 2.38. The summed E-state index contributed by atoms with van der Waals surface area (Å²) in [6.07, 6.45) is 4.40. The molecule has 1 aromatic heterocycles. The maximum absolute atomic E-state index is 12.6. The van der Waals surface area contributed by atoms with Crippen LogP contribution in [0.25, 0.3) is 0 Å². The minimum atomic E-state index is -2.26. The highest BCUT2D eigenvalue weighted by molar-refractivity contribution is 7.45. The van der Waals surface area contributed by atoms with Crippen LogP contribution in [-0.2, 0) is 30.2 Å². The number of H-pyrrole nitrogens is 1. The molecule has 1 aromatic rings. The monoisotopic (exact) mass is 427 g/mol. The SMILES string of the molecule is CC(C)(C)C(=O)OC(OC(=O)C(C)(C)C)[P+](=O)C/C=C\Cn1ccc(=O)[nH]c1=O. The van der Waals surface area contributed by atoms with Gasteiger partial charge >= 0.3 is 31.5 Å². The highest BCUT2D eigenvalue weighted by Gasteiger charge is 2.41. The zero-order valence-corrected chi connectivity index (χ0v) is 18.4. The lowest BCUT2D eigenvalue weighted by atomic mass is 9.97. The Bertz CT molecular complexity index is 873. The fourth-order valence-corrected chi connectivity index (χ4v) is 2.67. The van der Waals surface area contributed by atoms with E-state index >= 15 is 0 Å². The second-order valence-electron chi connectivity index (χ2n) is 8.45. The van der Waals surface area contributed by atoms with Crippen LogP contribution in [0.1, 0.15) is 41.5 Å². The lowest BCUT2D eigenvalue weighted by Crippen LogP contribution is -2.33. The van der Waals surface area contributed by atoms with Crippen molar-refractivity contribution in [1.29, 1.82) is 0 Å². The molecule has 0 radical (unpaired) electrons. The van der Waals surface area contributed by atoms with Crippen molar-refractivity contribution in [2.45, 2.75) is 54.1 Å². The van der Waals surface area contributed by atoms with Crippen LogP contribution < -0.4 is 11.2 Å². The van der Waals surface area contributed by atoms with Gasteiger partial charge in [0, 0.05) is 18.8 Å². The summed E-state index contributed by atoms with van der Waals surface area (Å²) in [5, 5.41) is 0. The number of ether oxygens (including phenoxy) is 2. The molecule has 0 bridgehead atoms. The topological polar surface area (TPSA) is 125 Å². The van der Waals surface area contributed by atoms with Gasteiger partial charge in [-0.1, -0.05) is 10.6 Å². The van der Waals surface area contributed by atoms with Crippen LogP contribution in [0.2, 0.25) is 0 Å². The Morgan fingerprint density at radius 2 is 1.59 bits per heavy atom. The number of carbonyl (C=O) groups excluding carboxylic acids is 2. The Labute approximate surface area is 169 Å². The summed E-state index contributed by atoms with van der Waals surface area (Å²) in [6, 6.07) is -0.298. The van der Waals surface area contributed by atoms with Gasteiger partial charge in [-0.25, -0.2) is 4.79 Å². The van der Waals surface area contributed by atoms with Crippen LogP contribution in [0.5, 0.6) is 0 Å². The lowest BCUT2D eigenvalue weighted by Gasteiger charge is -2.21. The molecule has 0 spiro atoms. The van der Waals surface area contributed by atoms with Crippen LogP contribution >= 0.6 is 7.80 Å². The maximum Gasteiger partial charge on any atom is 0.451 e. The second kappa shape index (κ2) is 9.78. The predicted molar refractivity (Wildman–Crippen MR) is 108 cm³/mol. The zero-order valence-electron chi connectivity index (χ0n) is 17.6. The van der Waals surface area contributed by atoms with Gasteiger partial charge in [-0.3, -0.25) is 23.9 Å². The van der Waals surface area contributed by atoms with E-state index in [2.05, 4.69) is 4.98 Å². The third-order valence-corrected chi connectivity index (χ3v) is 4.78. The zero-order chi connectivity index (χ0) is 22.4. The molecular weight excluding hydrogens is 399 g/mol. The molecular formula is C19H28N2O7P+. The van der Waals surface area contributed by atoms with Crippen molar-refractivity contribution in [3.8, 4) is 0 Å². The molecule has 0 aliphatic carbocycles. The first kappa shape index (κ1) is 24.5. The van der Waals surface area contributed by atoms with Crippen molar-refractivity contribution in [2.24, 2.45) is 10.8 Å². The van der Waals surface area contributed by atoms with Gasteiger partial charge in [0.05, 0.1) is 10.8 Å². The molecule has 0 aliphatic heterocycles. The van der Waals surface area contributed by atoms with E-state index in [0.29, 0.717) is 0 Å². The summed E-state index contributed by atoms with van der Waals surface area (Å²) < 4.78 is 24.3. The van der Waals surface area contributed by atoms with Crippen molar-refractivity contribution < 1.29 is 23.6 Å². The lowest BCUT2D eigenvalue weighted by molar-refractivity contribution is -0.184. The number of nitrogens with zero attached hydrogens (tertiary/aromatic N) is 1. The molecule has 9 nitrogen and oxygen atoms in total. The molecule has 0 aromatic carbocycles. The number of allylic oxidation sites excluding steroid dienone is 2. The smallest absolute Gasteiger partial charge is 0.384 e. The Kier molecular flexibility index (Phi) is 8.26. The van der Waals surface area contributed by atoms with E-state index in [-0.39, 0.29) is 12.7 Å². The van der Waals surface area contributed by atoms with Crippen LogP contribution in [0.3, 0.4) is 0 Å². The summed E-state index contributed by atoms with van der Waals surface area (Å²) in [6.45, 7) is 9.94. The van der Waals surface area contributed by atoms with Crippen LogP contribution in [-0.4, -0.2) is 33.7 Å². The van der Waals surface area contributed by atoms with Crippen molar-refractivity contribution >= 4 is 19.7 Å². The molecule has 1 heterocycles. The fraction of sp³-hybridized carbons (Fsp3) is 0.579. The molecule has 1 unspecified atom stereocenters. The van der Waals surface area contributed by atoms with E-state index in [0.717, 1.165) is 0 Å². The van der Waals surface area contributed by atoms with E-state index in [4.69, 9.17) is 9.47 Å². The van der Waals surface area contributed by atoms with Gasteiger partial charge in [0.15, 0.2) is 6.16 Å². The minimum absolute atomic E-state index is 0.0348.